The minimum Gasteiger partial charge on any atom is -0.455 e. The molecule has 0 aliphatic carbocycles. The van der Waals surface area contributed by atoms with E-state index in [1.807, 2.05) is 18.2 Å². The Morgan fingerprint density at radius 3 is 2.65 bits per heavy atom. The largest absolute Gasteiger partial charge is 0.455 e. The fraction of sp³-hybridized carbons (Fsp3) is 0.312. The van der Waals surface area contributed by atoms with Crippen molar-refractivity contribution in [3.63, 3.8) is 0 Å². The van der Waals surface area contributed by atoms with Gasteiger partial charge in [-0.05, 0) is 66.5 Å². The number of hydrogen-bond acceptors (Lipinski definition) is 3. The monoisotopic (exact) mass is 334 g/mol. The molecule has 0 saturated heterocycles. The van der Waals surface area contributed by atoms with Crippen LogP contribution in [0.15, 0.2) is 47.2 Å². The zero-order valence-corrected chi connectivity index (χ0v) is 13.6. The van der Waals surface area contributed by atoms with Crippen LogP contribution in [0.1, 0.15) is 26.3 Å². The third kappa shape index (κ3) is 4.62. The molecule has 4 heteroatoms. The second-order valence-electron chi connectivity index (χ2n) is 5.66. The first kappa shape index (κ1) is 15.0. The summed E-state index contributed by atoms with van der Waals surface area (Å²) in [6.07, 6.45) is 3.42. The van der Waals surface area contributed by atoms with E-state index in [-0.39, 0.29) is 5.54 Å². The number of hydrogen-bond donors (Lipinski definition) is 1. The van der Waals surface area contributed by atoms with E-state index < -0.39 is 0 Å². The van der Waals surface area contributed by atoms with Gasteiger partial charge in [0.05, 0.1) is 10.7 Å². The van der Waals surface area contributed by atoms with Crippen molar-refractivity contribution in [2.24, 2.45) is 0 Å². The molecule has 0 amide bonds. The zero-order chi connectivity index (χ0) is 14.6. The molecule has 0 aliphatic heterocycles. The Labute approximate surface area is 128 Å². The summed E-state index contributed by atoms with van der Waals surface area (Å²) < 4.78 is 6.72. The molecule has 2 rings (SSSR count). The van der Waals surface area contributed by atoms with Crippen LogP contribution in [0.25, 0.3) is 0 Å². The van der Waals surface area contributed by atoms with Gasteiger partial charge in [-0.2, -0.15) is 0 Å². The predicted octanol–water partition coefficient (Wildman–Crippen LogP) is 4.52. The highest BCUT2D eigenvalue weighted by Crippen LogP contribution is 2.30. The summed E-state index contributed by atoms with van der Waals surface area (Å²) >= 11 is 3.55. The van der Waals surface area contributed by atoms with Crippen LogP contribution < -0.4 is 10.1 Å². The van der Waals surface area contributed by atoms with Crippen molar-refractivity contribution >= 4 is 15.9 Å². The number of halogens is 1. The standard InChI is InChI=1S/C16H19BrN2O/c1-16(2,3)19-10-12-6-7-15(14(17)9-12)20-13-5-4-8-18-11-13/h4-9,11,19H,10H2,1-3H3. The number of benzene rings is 1. The van der Waals surface area contributed by atoms with Gasteiger partial charge in [-0.1, -0.05) is 6.07 Å². The highest BCUT2D eigenvalue weighted by Gasteiger charge is 2.09. The Hall–Kier alpha value is -1.39. The number of nitrogens with zero attached hydrogens (tertiary/aromatic N) is 1. The van der Waals surface area contributed by atoms with Crippen LogP contribution >= 0.6 is 15.9 Å². The number of ether oxygens (including phenoxy) is 1. The molecule has 3 nitrogen and oxygen atoms in total. The van der Waals surface area contributed by atoms with Crippen LogP contribution in [0.3, 0.4) is 0 Å². The second kappa shape index (κ2) is 6.37. The average molecular weight is 335 g/mol. The molecular formula is C16H19BrN2O. The lowest BCUT2D eigenvalue weighted by Gasteiger charge is -2.20. The van der Waals surface area contributed by atoms with Crippen molar-refractivity contribution in [2.45, 2.75) is 32.9 Å². The Balaban J connectivity index is 2.06. The molecule has 0 unspecified atom stereocenters. The first-order valence-corrected chi connectivity index (χ1v) is 7.35. The van der Waals surface area contributed by atoms with Gasteiger partial charge in [-0.15, -0.1) is 0 Å². The van der Waals surface area contributed by atoms with Gasteiger partial charge in [0.25, 0.3) is 0 Å². The lowest BCUT2D eigenvalue weighted by molar-refractivity contribution is 0.424. The third-order valence-corrected chi connectivity index (χ3v) is 3.30. The van der Waals surface area contributed by atoms with Gasteiger partial charge in [-0.25, -0.2) is 0 Å². The van der Waals surface area contributed by atoms with Gasteiger partial charge >= 0.3 is 0 Å². The highest BCUT2D eigenvalue weighted by molar-refractivity contribution is 9.10. The third-order valence-electron chi connectivity index (χ3n) is 2.68. The van der Waals surface area contributed by atoms with Crippen LogP contribution in [0.5, 0.6) is 11.5 Å². The van der Waals surface area contributed by atoms with Gasteiger partial charge in [0.2, 0.25) is 0 Å². The van der Waals surface area contributed by atoms with Crippen LogP contribution in [0.4, 0.5) is 0 Å². The van der Waals surface area contributed by atoms with Gasteiger partial charge in [0.1, 0.15) is 11.5 Å². The minimum atomic E-state index is 0.108. The molecule has 0 fully saturated rings. The first-order valence-electron chi connectivity index (χ1n) is 6.55. The van der Waals surface area contributed by atoms with E-state index in [0.29, 0.717) is 0 Å². The summed E-state index contributed by atoms with van der Waals surface area (Å²) in [7, 11) is 0. The van der Waals surface area contributed by atoms with Gasteiger partial charge in [0, 0.05) is 18.3 Å². The fourth-order valence-corrected chi connectivity index (χ4v) is 2.15. The van der Waals surface area contributed by atoms with E-state index >= 15 is 0 Å². The maximum Gasteiger partial charge on any atom is 0.145 e. The van der Waals surface area contributed by atoms with Crippen molar-refractivity contribution in [3.8, 4) is 11.5 Å². The molecule has 1 N–H and O–H groups in total. The number of pyridine rings is 1. The molecule has 0 saturated carbocycles. The summed E-state index contributed by atoms with van der Waals surface area (Å²) in [5.41, 5.74) is 1.32. The van der Waals surface area contributed by atoms with Crippen LogP contribution in [0.2, 0.25) is 0 Å². The van der Waals surface area contributed by atoms with E-state index in [1.165, 1.54) is 5.56 Å². The van der Waals surface area contributed by atoms with E-state index in [9.17, 15) is 0 Å². The Morgan fingerprint density at radius 1 is 1.25 bits per heavy atom. The minimum absolute atomic E-state index is 0.108. The average Bonchev–Trinajstić information content (AvgIpc) is 2.40. The highest BCUT2D eigenvalue weighted by atomic mass is 79.9. The second-order valence-corrected chi connectivity index (χ2v) is 6.51. The summed E-state index contributed by atoms with van der Waals surface area (Å²) in [5.74, 6) is 1.52. The normalized spacial score (nSPS) is 11.4. The molecule has 1 aromatic heterocycles. The van der Waals surface area contributed by atoms with Crippen molar-refractivity contribution in [3.05, 3.63) is 52.8 Å². The molecule has 0 radical (unpaired) electrons. The van der Waals surface area contributed by atoms with Crippen molar-refractivity contribution in [1.82, 2.24) is 10.3 Å². The van der Waals surface area contributed by atoms with Crippen molar-refractivity contribution in [1.29, 1.82) is 0 Å². The van der Waals surface area contributed by atoms with E-state index in [2.05, 4.69) is 59.1 Å². The summed E-state index contributed by atoms with van der Waals surface area (Å²) in [5, 5.41) is 3.46. The van der Waals surface area contributed by atoms with Crippen LogP contribution in [0, 0.1) is 0 Å². The Kier molecular flexibility index (Phi) is 4.78. The number of rotatable bonds is 4. The molecule has 1 heterocycles. The predicted molar refractivity (Wildman–Crippen MR) is 85.0 cm³/mol. The smallest absolute Gasteiger partial charge is 0.145 e. The van der Waals surface area contributed by atoms with Crippen molar-refractivity contribution in [2.75, 3.05) is 0 Å². The molecule has 2 aromatic rings. The fourth-order valence-electron chi connectivity index (χ4n) is 1.64. The van der Waals surface area contributed by atoms with Crippen molar-refractivity contribution < 1.29 is 4.74 Å². The molecule has 0 bridgehead atoms. The lowest BCUT2D eigenvalue weighted by Crippen LogP contribution is -2.35. The summed E-state index contributed by atoms with van der Waals surface area (Å²) in [4.78, 5) is 4.03. The Bertz CT molecular complexity index is 564. The number of nitrogens with one attached hydrogen (secondary N) is 1. The summed E-state index contributed by atoms with van der Waals surface area (Å²) in [6.45, 7) is 7.29. The maximum absolute atomic E-state index is 5.78. The topological polar surface area (TPSA) is 34.1 Å². The van der Waals surface area contributed by atoms with Gasteiger partial charge < -0.3 is 10.1 Å². The molecule has 0 aliphatic rings. The molecule has 106 valence electrons. The quantitative estimate of drug-likeness (QED) is 0.892. The zero-order valence-electron chi connectivity index (χ0n) is 12.0. The molecule has 0 atom stereocenters. The molecule has 1 aromatic carbocycles. The first-order chi connectivity index (χ1) is 9.44. The molecular weight excluding hydrogens is 316 g/mol. The number of aromatic nitrogens is 1. The van der Waals surface area contributed by atoms with Gasteiger partial charge in [-0.3, -0.25) is 4.98 Å². The summed E-state index contributed by atoms with van der Waals surface area (Å²) in [6, 6.07) is 9.84. The lowest BCUT2D eigenvalue weighted by atomic mass is 10.1. The molecule has 0 spiro atoms. The van der Waals surface area contributed by atoms with Crippen LogP contribution in [-0.2, 0) is 6.54 Å². The van der Waals surface area contributed by atoms with E-state index in [1.54, 1.807) is 12.4 Å². The molecule has 20 heavy (non-hydrogen) atoms. The van der Waals surface area contributed by atoms with E-state index in [0.717, 1.165) is 22.5 Å². The Morgan fingerprint density at radius 2 is 2.05 bits per heavy atom. The van der Waals surface area contributed by atoms with Crippen LogP contribution in [-0.4, -0.2) is 10.5 Å². The van der Waals surface area contributed by atoms with Gasteiger partial charge in [0.15, 0.2) is 0 Å². The SMILES string of the molecule is CC(C)(C)NCc1ccc(Oc2cccnc2)c(Br)c1. The van der Waals surface area contributed by atoms with E-state index in [4.69, 9.17) is 4.74 Å². The maximum atomic E-state index is 5.78.